The molecule has 5 aliphatic rings. The van der Waals surface area contributed by atoms with Gasteiger partial charge in [0.15, 0.2) is 11.6 Å². The van der Waals surface area contributed by atoms with Gasteiger partial charge in [-0.3, -0.25) is 14.4 Å². The van der Waals surface area contributed by atoms with Gasteiger partial charge in [0.1, 0.15) is 6.07 Å². The maximum atomic E-state index is 14.4. The van der Waals surface area contributed by atoms with Gasteiger partial charge in [-0.25, -0.2) is 0 Å². The molecule has 206 valence electrons. The van der Waals surface area contributed by atoms with Gasteiger partial charge in [-0.2, -0.15) is 5.26 Å². The smallest absolute Gasteiger partial charge is 0.306 e. The molecule has 3 saturated carbocycles. The zero-order chi connectivity index (χ0) is 28.1. The topological polar surface area (TPSA) is 84.2 Å². The summed E-state index contributed by atoms with van der Waals surface area (Å²) >= 11 is 0. The molecule has 5 nitrogen and oxygen atoms in total. The number of methoxy groups -OCH3 is 1. The number of hydrogen-bond acceptors (Lipinski definition) is 5. The van der Waals surface area contributed by atoms with Crippen molar-refractivity contribution in [2.24, 2.45) is 50.2 Å². The highest BCUT2D eigenvalue weighted by atomic mass is 16.5. The van der Waals surface area contributed by atoms with Crippen molar-refractivity contribution in [2.45, 2.75) is 99.8 Å². The first kappa shape index (κ1) is 27.4. The van der Waals surface area contributed by atoms with Gasteiger partial charge in [-0.15, -0.1) is 0 Å². The summed E-state index contributed by atoms with van der Waals surface area (Å²) in [6.07, 6.45) is 10.8. The van der Waals surface area contributed by atoms with Crippen molar-refractivity contribution in [3.63, 3.8) is 0 Å². The van der Waals surface area contributed by atoms with Gasteiger partial charge in [-0.1, -0.05) is 60.1 Å². The van der Waals surface area contributed by atoms with Crippen LogP contribution in [0.3, 0.4) is 0 Å². The van der Waals surface area contributed by atoms with E-state index < -0.39 is 10.8 Å². The van der Waals surface area contributed by atoms with Crippen molar-refractivity contribution in [3.8, 4) is 6.07 Å². The molecular formula is C33H45NO4. The van der Waals surface area contributed by atoms with E-state index in [4.69, 9.17) is 4.74 Å². The van der Waals surface area contributed by atoms with Crippen LogP contribution < -0.4 is 0 Å². The Balaban J connectivity index is 1.68. The van der Waals surface area contributed by atoms with Crippen LogP contribution in [0, 0.1) is 61.6 Å². The van der Waals surface area contributed by atoms with E-state index in [2.05, 4.69) is 40.7 Å². The van der Waals surface area contributed by atoms with Crippen molar-refractivity contribution >= 4 is 17.5 Å². The lowest BCUT2D eigenvalue weighted by atomic mass is 9.34. The Morgan fingerprint density at radius 3 is 2.32 bits per heavy atom. The third-order valence-electron chi connectivity index (χ3n) is 12.8. The largest absolute Gasteiger partial charge is 0.469 e. The first-order chi connectivity index (χ1) is 17.5. The molecule has 5 aliphatic carbocycles. The van der Waals surface area contributed by atoms with Gasteiger partial charge in [0.25, 0.3) is 0 Å². The molecule has 0 spiro atoms. The maximum Gasteiger partial charge on any atom is 0.306 e. The molecule has 0 aromatic heterocycles. The lowest BCUT2D eigenvalue weighted by Gasteiger charge is -2.69. The highest BCUT2D eigenvalue weighted by molar-refractivity contribution is 6.04. The minimum Gasteiger partial charge on any atom is -0.469 e. The second kappa shape index (κ2) is 8.15. The lowest BCUT2D eigenvalue weighted by Crippen LogP contribution is -2.65. The molecule has 0 aromatic rings. The molecule has 3 unspecified atom stereocenters. The predicted molar refractivity (Wildman–Crippen MR) is 146 cm³/mol. The van der Waals surface area contributed by atoms with Crippen LogP contribution in [0.1, 0.15) is 99.8 Å². The highest BCUT2D eigenvalue weighted by Crippen LogP contribution is 2.74. The Morgan fingerprint density at radius 1 is 1.03 bits per heavy atom. The number of carbonyl (C=O) groups excluding carboxylic acids is 3. The molecule has 5 rings (SSSR count). The van der Waals surface area contributed by atoms with E-state index in [9.17, 15) is 19.6 Å². The van der Waals surface area contributed by atoms with Crippen LogP contribution in [0.2, 0.25) is 0 Å². The molecule has 0 saturated heterocycles. The number of Topliss-reactive ketones (excluding diaryl/α,β-unsaturated/α-hetero) is 1. The Hall–Kier alpha value is -2.22. The van der Waals surface area contributed by atoms with Crippen LogP contribution >= 0.6 is 0 Å². The van der Waals surface area contributed by atoms with Crippen LogP contribution in [0.15, 0.2) is 23.3 Å². The second-order valence-electron chi connectivity index (χ2n) is 15.4. The molecular weight excluding hydrogens is 474 g/mol. The summed E-state index contributed by atoms with van der Waals surface area (Å²) in [6, 6.07) is 2.18. The molecule has 0 heterocycles. The Bertz CT molecular complexity index is 1220. The molecule has 0 N–H and O–H groups in total. The first-order valence-corrected chi connectivity index (χ1v) is 14.5. The van der Waals surface area contributed by atoms with Gasteiger partial charge < -0.3 is 4.74 Å². The summed E-state index contributed by atoms with van der Waals surface area (Å²) in [6.45, 7) is 15.4. The van der Waals surface area contributed by atoms with Gasteiger partial charge in [0.05, 0.1) is 19.1 Å². The van der Waals surface area contributed by atoms with Crippen LogP contribution in [0.25, 0.3) is 0 Å². The molecule has 0 radical (unpaired) electrons. The fourth-order valence-electron chi connectivity index (χ4n) is 10.4. The summed E-state index contributed by atoms with van der Waals surface area (Å²) in [5.41, 5.74) is -0.399. The average Bonchev–Trinajstić information content (AvgIpc) is 2.83. The minimum absolute atomic E-state index is 0.0440. The maximum absolute atomic E-state index is 14.4. The highest BCUT2D eigenvalue weighted by Gasteiger charge is 2.69. The van der Waals surface area contributed by atoms with Crippen LogP contribution in [0.5, 0.6) is 0 Å². The molecule has 5 heteroatoms. The monoisotopic (exact) mass is 519 g/mol. The molecule has 3 fully saturated rings. The number of carbonyl (C=O) groups is 3. The molecule has 0 aliphatic heterocycles. The number of hydrogen-bond donors (Lipinski definition) is 0. The first-order valence-electron chi connectivity index (χ1n) is 14.5. The number of ether oxygens (including phenoxy) is 1. The van der Waals surface area contributed by atoms with E-state index in [1.807, 2.05) is 26.0 Å². The predicted octanol–water partition coefficient (Wildman–Crippen LogP) is 6.77. The van der Waals surface area contributed by atoms with Crippen molar-refractivity contribution in [2.75, 3.05) is 7.11 Å². The fourth-order valence-corrected chi connectivity index (χ4v) is 10.4. The van der Waals surface area contributed by atoms with Gasteiger partial charge in [-0.05, 0) is 84.5 Å². The van der Waals surface area contributed by atoms with E-state index in [1.165, 1.54) is 7.11 Å². The third kappa shape index (κ3) is 3.37. The van der Waals surface area contributed by atoms with Gasteiger partial charge in [0, 0.05) is 16.7 Å². The van der Waals surface area contributed by atoms with E-state index >= 15 is 0 Å². The second-order valence-corrected chi connectivity index (χ2v) is 15.4. The Labute approximate surface area is 228 Å². The number of rotatable bonds is 2. The number of ketones is 2. The Kier molecular flexibility index (Phi) is 5.87. The summed E-state index contributed by atoms with van der Waals surface area (Å²) in [5, 5.41) is 9.88. The van der Waals surface area contributed by atoms with Crippen molar-refractivity contribution in [3.05, 3.63) is 23.3 Å². The average molecular weight is 520 g/mol. The minimum atomic E-state index is -0.660. The number of nitriles is 1. The van der Waals surface area contributed by atoms with Crippen LogP contribution in [0.4, 0.5) is 0 Å². The van der Waals surface area contributed by atoms with E-state index in [0.29, 0.717) is 6.42 Å². The summed E-state index contributed by atoms with van der Waals surface area (Å²) in [7, 11) is 1.47. The number of fused-ring (bicyclic) bond motifs is 7. The van der Waals surface area contributed by atoms with E-state index in [-0.39, 0.29) is 62.5 Å². The molecule has 0 aromatic carbocycles. The summed E-state index contributed by atoms with van der Waals surface area (Å²) < 4.78 is 5.17. The fraction of sp³-hybridized carbons (Fsp3) is 0.758. The van der Waals surface area contributed by atoms with Crippen LogP contribution in [-0.2, 0) is 19.1 Å². The molecule has 7 atom stereocenters. The molecule has 0 amide bonds. The SMILES string of the molecule is COC(=O)C[C@]12CCC(C)(C)CC1C1C(=O)C=C3[C@@]4(C)C=C(C#N)C(=O)C(C)(C)C4CC[C@@]3(C)[C@]1(C)CC2. The van der Waals surface area contributed by atoms with E-state index in [0.717, 1.165) is 50.5 Å². The summed E-state index contributed by atoms with van der Waals surface area (Å²) in [5.74, 6) is -0.0334. The normalized spacial score (nSPS) is 44.8. The van der Waals surface area contributed by atoms with Crippen molar-refractivity contribution in [1.29, 1.82) is 5.26 Å². The van der Waals surface area contributed by atoms with Crippen LogP contribution in [-0.4, -0.2) is 24.6 Å². The van der Waals surface area contributed by atoms with Gasteiger partial charge in [0.2, 0.25) is 0 Å². The number of allylic oxidation sites excluding steroid dienone is 4. The zero-order valence-electron chi connectivity index (χ0n) is 24.6. The third-order valence-corrected chi connectivity index (χ3v) is 12.8. The van der Waals surface area contributed by atoms with Gasteiger partial charge >= 0.3 is 5.97 Å². The number of esters is 1. The van der Waals surface area contributed by atoms with Crippen molar-refractivity contribution < 1.29 is 19.1 Å². The molecule has 0 bridgehead atoms. The number of nitrogens with zero attached hydrogens (tertiary/aromatic N) is 1. The zero-order valence-corrected chi connectivity index (χ0v) is 24.6. The summed E-state index contributed by atoms with van der Waals surface area (Å²) in [4.78, 5) is 40.3. The van der Waals surface area contributed by atoms with Crippen molar-refractivity contribution in [1.82, 2.24) is 0 Å². The van der Waals surface area contributed by atoms with E-state index in [1.54, 1.807) is 0 Å². The standard InChI is InChI=1S/C33H45NO4/c1-28(2)11-13-33(18-25(36)38-8)14-12-32(7)26(21(33)17-28)22(35)15-24-30(5)16-20(19-34)27(37)29(3,4)23(30)9-10-31(24,32)6/h15-16,21,23,26H,9-14,17-18H2,1-8H3/t21?,23?,26?,30-,31+,32+,33+/m0/s1. The quantitative estimate of drug-likeness (QED) is 0.376. The molecule has 38 heavy (non-hydrogen) atoms. The lowest BCUT2D eigenvalue weighted by molar-refractivity contribution is -0.178. The Morgan fingerprint density at radius 2 is 1.68 bits per heavy atom.